The number of nitrogens with one attached hydrogen (secondary N) is 2. The zero-order valence-corrected chi connectivity index (χ0v) is 14.7. The van der Waals surface area contributed by atoms with Gasteiger partial charge in [-0.2, -0.15) is 0 Å². The molecule has 0 spiro atoms. The van der Waals surface area contributed by atoms with Crippen LogP contribution in [-0.4, -0.2) is 30.1 Å². The van der Waals surface area contributed by atoms with Crippen molar-refractivity contribution in [1.82, 2.24) is 30.1 Å². The van der Waals surface area contributed by atoms with Gasteiger partial charge < -0.3 is 10.3 Å². The summed E-state index contributed by atoms with van der Waals surface area (Å²) in [6.07, 6.45) is 3.17. The van der Waals surface area contributed by atoms with Gasteiger partial charge in [0.05, 0.1) is 16.7 Å². The van der Waals surface area contributed by atoms with Crippen molar-refractivity contribution in [2.75, 3.05) is 5.32 Å². The lowest BCUT2D eigenvalue weighted by atomic mass is 10.2. The molecule has 0 aliphatic heterocycles. The van der Waals surface area contributed by atoms with Crippen LogP contribution < -0.4 is 5.32 Å². The minimum Gasteiger partial charge on any atom is -0.339 e. The van der Waals surface area contributed by atoms with Crippen LogP contribution in [0.15, 0.2) is 79.3 Å². The molecule has 0 aliphatic carbocycles. The van der Waals surface area contributed by atoms with Gasteiger partial charge in [-0.15, -0.1) is 10.2 Å². The van der Waals surface area contributed by atoms with Gasteiger partial charge in [-0.1, -0.05) is 24.3 Å². The molecule has 28 heavy (non-hydrogen) atoms. The zero-order valence-electron chi connectivity index (χ0n) is 14.7. The van der Waals surface area contributed by atoms with Crippen molar-refractivity contribution in [3.05, 3.63) is 79.3 Å². The molecule has 5 aromatic rings. The predicted octanol–water partition coefficient (Wildman–Crippen LogP) is 4.22. The highest BCUT2D eigenvalue weighted by Crippen LogP contribution is 2.24. The van der Waals surface area contributed by atoms with Crippen LogP contribution in [0.4, 0.5) is 11.5 Å². The first-order chi connectivity index (χ1) is 13.8. The summed E-state index contributed by atoms with van der Waals surface area (Å²) in [5.41, 5.74) is 5.29. The van der Waals surface area contributed by atoms with Gasteiger partial charge in [0.2, 0.25) is 0 Å². The van der Waals surface area contributed by atoms with E-state index < -0.39 is 0 Å². The average Bonchev–Trinajstić information content (AvgIpc) is 3.20. The molecule has 7 heteroatoms. The van der Waals surface area contributed by atoms with E-state index in [-0.39, 0.29) is 0 Å². The molecule has 3 heterocycles. The summed E-state index contributed by atoms with van der Waals surface area (Å²) in [6.45, 7) is 0. The summed E-state index contributed by atoms with van der Waals surface area (Å²) in [5.74, 6) is 1.48. The van der Waals surface area contributed by atoms with Gasteiger partial charge in [0.15, 0.2) is 5.82 Å². The number of aromatic amines is 1. The molecule has 134 valence electrons. The third-order valence-corrected chi connectivity index (χ3v) is 4.31. The Labute approximate surface area is 160 Å². The van der Waals surface area contributed by atoms with Crippen molar-refractivity contribution >= 4 is 22.5 Å². The van der Waals surface area contributed by atoms with E-state index in [4.69, 9.17) is 0 Å². The molecule has 0 unspecified atom stereocenters. The molecule has 0 aliphatic rings. The largest absolute Gasteiger partial charge is 0.339 e. The summed E-state index contributed by atoms with van der Waals surface area (Å²) in [5, 5.41) is 11.8. The SMILES string of the molecule is c1cc(Nc2ccc(-c3ccncn3)nn2)cc(-c2nc3ccccc3[nH]2)c1. The smallest absolute Gasteiger partial charge is 0.153 e. The Morgan fingerprint density at radius 2 is 1.79 bits per heavy atom. The lowest BCUT2D eigenvalue weighted by Gasteiger charge is -2.07. The van der Waals surface area contributed by atoms with Gasteiger partial charge >= 0.3 is 0 Å². The fourth-order valence-corrected chi connectivity index (χ4v) is 2.96. The molecule has 0 atom stereocenters. The van der Waals surface area contributed by atoms with Crippen molar-refractivity contribution < 1.29 is 0 Å². The van der Waals surface area contributed by atoms with Gasteiger partial charge in [-0.3, -0.25) is 0 Å². The fourth-order valence-electron chi connectivity index (χ4n) is 2.96. The monoisotopic (exact) mass is 365 g/mol. The molecule has 0 amide bonds. The fraction of sp³-hybridized carbons (Fsp3) is 0. The molecule has 0 radical (unpaired) electrons. The Morgan fingerprint density at radius 3 is 2.61 bits per heavy atom. The van der Waals surface area contributed by atoms with Crippen LogP contribution >= 0.6 is 0 Å². The number of benzene rings is 2. The Hall–Kier alpha value is -4.13. The maximum Gasteiger partial charge on any atom is 0.153 e. The second-order valence-corrected chi connectivity index (χ2v) is 6.21. The van der Waals surface area contributed by atoms with Crippen LogP contribution in [0.25, 0.3) is 33.8 Å². The van der Waals surface area contributed by atoms with Crippen molar-refractivity contribution in [3.63, 3.8) is 0 Å². The van der Waals surface area contributed by atoms with Gasteiger partial charge in [-0.05, 0) is 42.5 Å². The molecule has 3 aromatic heterocycles. The maximum atomic E-state index is 4.65. The summed E-state index contributed by atoms with van der Waals surface area (Å²) < 4.78 is 0. The van der Waals surface area contributed by atoms with Gasteiger partial charge in [0.1, 0.15) is 17.8 Å². The predicted molar refractivity (Wildman–Crippen MR) is 108 cm³/mol. The van der Waals surface area contributed by atoms with Crippen LogP contribution in [0.2, 0.25) is 0 Å². The highest BCUT2D eigenvalue weighted by Gasteiger charge is 2.07. The third-order valence-electron chi connectivity index (χ3n) is 4.31. The van der Waals surface area contributed by atoms with E-state index >= 15 is 0 Å². The van der Waals surface area contributed by atoms with Crippen LogP contribution in [0.3, 0.4) is 0 Å². The number of nitrogens with zero attached hydrogens (tertiary/aromatic N) is 5. The summed E-state index contributed by atoms with van der Waals surface area (Å²) >= 11 is 0. The molecule has 7 nitrogen and oxygen atoms in total. The van der Waals surface area contributed by atoms with E-state index in [1.54, 1.807) is 12.3 Å². The molecule has 0 saturated carbocycles. The van der Waals surface area contributed by atoms with E-state index in [0.29, 0.717) is 11.5 Å². The topological polar surface area (TPSA) is 92.3 Å². The quantitative estimate of drug-likeness (QED) is 0.495. The first-order valence-electron chi connectivity index (χ1n) is 8.77. The zero-order chi connectivity index (χ0) is 18.8. The Bertz CT molecular complexity index is 1200. The number of H-pyrrole nitrogens is 1. The number of hydrogen-bond acceptors (Lipinski definition) is 6. The number of anilines is 2. The number of rotatable bonds is 4. The second-order valence-electron chi connectivity index (χ2n) is 6.21. The van der Waals surface area contributed by atoms with Crippen LogP contribution in [0, 0.1) is 0 Å². The van der Waals surface area contributed by atoms with Gasteiger partial charge in [0.25, 0.3) is 0 Å². The molecule has 0 bridgehead atoms. The molecule has 2 aromatic carbocycles. The highest BCUT2D eigenvalue weighted by molar-refractivity contribution is 5.80. The number of hydrogen-bond donors (Lipinski definition) is 2. The third kappa shape index (κ3) is 3.16. The first kappa shape index (κ1) is 16.1. The van der Waals surface area contributed by atoms with Crippen molar-refractivity contribution in [1.29, 1.82) is 0 Å². The van der Waals surface area contributed by atoms with E-state index in [2.05, 4.69) is 35.5 Å². The van der Waals surface area contributed by atoms with Crippen molar-refractivity contribution in [2.24, 2.45) is 0 Å². The normalized spacial score (nSPS) is 10.9. The number of aromatic nitrogens is 6. The first-order valence-corrected chi connectivity index (χ1v) is 8.77. The maximum absolute atomic E-state index is 4.65. The lowest BCUT2D eigenvalue weighted by Crippen LogP contribution is -1.97. The van der Waals surface area contributed by atoms with Crippen LogP contribution in [0.5, 0.6) is 0 Å². The molecular weight excluding hydrogens is 350 g/mol. The summed E-state index contributed by atoms with van der Waals surface area (Å²) in [4.78, 5) is 16.1. The van der Waals surface area contributed by atoms with Crippen LogP contribution in [0.1, 0.15) is 0 Å². The molecular formula is C21H15N7. The van der Waals surface area contributed by atoms with E-state index in [0.717, 1.165) is 33.8 Å². The van der Waals surface area contributed by atoms with E-state index in [1.807, 2.05) is 60.7 Å². The Balaban J connectivity index is 1.39. The van der Waals surface area contributed by atoms with Crippen molar-refractivity contribution in [2.45, 2.75) is 0 Å². The average molecular weight is 365 g/mol. The number of para-hydroxylation sites is 2. The molecule has 5 rings (SSSR count). The lowest BCUT2D eigenvalue weighted by molar-refractivity contribution is 1.03. The molecule has 2 N–H and O–H groups in total. The standard InChI is InChI=1S/C21H15N7/c1-2-7-18-17(6-1)25-21(26-18)14-4-3-5-15(12-14)24-20-9-8-19(27-28-20)16-10-11-22-13-23-16/h1-13H,(H,24,28)(H,25,26). The van der Waals surface area contributed by atoms with E-state index in [9.17, 15) is 0 Å². The summed E-state index contributed by atoms with van der Waals surface area (Å²) in [6, 6.07) is 21.5. The molecule has 0 fully saturated rings. The number of fused-ring (bicyclic) bond motifs is 1. The highest BCUT2D eigenvalue weighted by atomic mass is 15.2. The second kappa shape index (κ2) is 6.88. The molecule has 0 saturated heterocycles. The Kier molecular flexibility index (Phi) is 3.95. The van der Waals surface area contributed by atoms with Gasteiger partial charge in [-0.25, -0.2) is 15.0 Å². The van der Waals surface area contributed by atoms with Crippen LogP contribution in [-0.2, 0) is 0 Å². The van der Waals surface area contributed by atoms with Gasteiger partial charge in [0, 0.05) is 17.4 Å². The van der Waals surface area contributed by atoms with E-state index in [1.165, 1.54) is 6.33 Å². The minimum atomic E-state index is 0.652. The number of imidazole rings is 1. The minimum absolute atomic E-state index is 0.652. The Morgan fingerprint density at radius 1 is 0.821 bits per heavy atom. The van der Waals surface area contributed by atoms with Crippen molar-refractivity contribution in [3.8, 4) is 22.8 Å². The summed E-state index contributed by atoms with van der Waals surface area (Å²) in [7, 11) is 0.